The summed E-state index contributed by atoms with van der Waals surface area (Å²) in [6.07, 6.45) is 0. The van der Waals surface area contributed by atoms with Gasteiger partial charge in [-0.05, 0) is 12.1 Å². The largest absolute Gasteiger partial charge is 0.378 e. The summed E-state index contributed by atoms with van der Waals surface area (Å²) in [7, 11) is 2.03. The van der Waals surface area contributed by atoms with Crippen LogP contribution in [0.3, 0.4) is 0 Å². The summed E-state index contributed by atoms with van der Waals surface area (Å²) < 4.78 is 7.39. The van der Waals surface area contributed by atoms with Crippen molar-refractivity contribution in [1.82, 2.24) is 4.90 Å². The molecule has 2 heterocycles. The molecule has 1 saturated heterocycles. The molecule has 3 rings (SSSR count). The third-order valence-electron chi connectivity index (χ3n) is 3.35. The lowest BCUT2D eigenvalue weighted by Gasteiger charge is -2.28. The first-order valence-corrected chi connectivity index (χ1v) is 7.52. The van der Waals surface area contributed by atoms with Crippen molar-refractivity contribution in [3.8, 4) is 0 Å². The molecule has 0 spiro atoms. The highest BCUT2D eigenvalue weighted by Gasteiger charge is 2.26. The van der Waals surface area contributed by atoms with Gasteiger partial charge in [-0.15, -0.1) is 0 Å². The van der Waals surface area contributed by atoms with Crippen molar-refractivity contribution in [3.63, 3.8) is 0 Å². The van der Waals surface area contributed by atoms with E-state index in [1.807, 2.05) is 29.6 Å². The third kappa shape index (κ3) is 2.82. The van der Waals surface area contributed by atoms with E-state index in [4.69, 9.17) is 9.84 Å². The van der Waals surface area contributed by atoms with Gasteiger partial charge in [0.05, 0.1) is 19.0 Å². The van der Waals surface area contributed by atoms with Crippen molar-refractivity contribution in [3.05, 3.63) is 35.9 Å². The van der Waals surface area contributed by atoms with Crippen LogP contribution in [0.25, 0.3) is 0 Å². The molecule has 0 aromatic heterocycles. The molecule has 2 aliphatic rings. The minimum absolute atomic E-state index is 0.804. The molecule has 0 unspecified atom stereocenters. The Hall–Kier alpha value is -1.33. The highest BCUT2D eigenvalue weighted by Crippen LogP contribution is 2.18. The number of hydrogen-bond donors (Lipinski definition) is 0. The molecule has 1 fully saturated rings. The summed E-state index contributed by atoms with van der Waals surface area (Å²) >= 11 is 1.82. The van der Waals surface area contributed by atoms with Crippen LogP contribution in [0.5, 0.6) is 0 Å². The Morgan fingerprint density at radius 2 is 1.95 bits per heavy atom. The number of morpholine rings is 1. The smallest absolute Gasteiger partial charge is 0.231 e. The maximum atomic E-state index is 5.38. The van der Waals surface area contributed by atoms with E-state index < -0.39 is 0 Å². The minimum atomic E-state index is 0.804. The Morgan fingerprint density at radius 1 is 1.21 bits per heavy atom. The zero-order valence-corrected chi connectivity index (χ0v) is 11.9. The van der Waals surface area contributed by atoms with Gasteiger partial charge in [-0.3, -0.25) is 0 Å². The zero-order valence-electron chi connectivity index (χ0n) is 11.1. The van der Waals surface area contributed by atoms with E-state index in [9.17, 15) is 0 Å². The Morgan fingerprint density at radius 3 is 2.63 bits per heavy atom. The molecule has 1 aromatic rings. The van der Waals surface area contributed by atoms with Gasteiger partial charge in [-0.2, -0.15) is 0 Å². The third-order valence-corrected chi connectivity index (χ3v) is 4.37. The normalized spacial score (nSPS) is 20.5. The monoisotopic (exact) mass is 276 g/mol. The van der Waals surface area contributed by atoms with Gasteiger partial charge >= 0.3 is 0 Å². The summed E-state index contributed by atoms with van der Waals surface area (Å²) in [5, 5.41) is 5.83. The van der Waals surface area contributed by atoms with Crippen LogP contribution in [0, 0.1) is 0 Å². The van der Waals surface area contributed by atoms with E-state index >= 15 is 0 Å². The van der Waals surface area contributed by atoms with E-state index in [1.54, 1.807) is 0 Å². The Balaban J connectivity index is 1.83. The minimum Gasteiger partial charge on any atom is -0.378 e. The van der Waals surface area contributed by atoms with Crippen LogP contribution in [0.1, 0.15) is 5.56 Å². The molecule has 0 amide bonds. The van der Waals surface area contributed by atoms with Gasteiger partial charge in [-0.25, -0.2) is 0 Å². The molecule has 0 atom stereocenters. The molecule has 0 aliphatic carbocycles. The van der Waals surface area contributed by atoms with Gasteiger partial charge in [0.2, 0.25) is 10.9 Å². The summed E-state index contributed by atoms with van der Waals surface area (Å²) in [6.45, 7) is 3.50. The number of nitrogens with zero attached hydrogens (tertiary/aromatic N) is 3. The van der Waals surface area contributed by atoms with Gasteiger partial charge in [0.25, 0.3) is 0 Å². The van der Waals surface area contributed by atoms with Gasteiger partial charge in [0, 0.05) is 23.8 Å². The van der Waals surface area contributed by atoms with E-state index in [2.05, 4.69) is 29.2 Å². The van der Waals surface area contributed by atoms with Crippen molar-refractivity contribution in [2.75, 3.05) is 39.1 Å². The predicted octanol–water partition coefficient (Wildman–Crippen LogP) is 1.47. The quantitative estimate of drug-likeness (QED) is 0.727. The van der Waals surface area contributed by atoms with Crippen LogP contribution in [-0.4, -0.2) is 59.6 Å². The van der Waals surface area contributed by atoms with Crippen molar-refractivity contribution >= 4 is 22.6 Å². The molecule has 1 aromatic carbocycles. The van der Waals surface area contributed by atoms with Crippen LogP contribution in [0.4, 0.5) is 0 Å². The second-order valence-electron chi connectivity index (χ2n) is 4.61. The zero-order chi connectivity index (χ0) is 13.1. The van der Waals surface area contributed by atoms with E-state index in [-0.39, 0.29) is 0 Å². The molecule has 0 saturated carbocycles. The topological polar surface area (TPSA) is 27.8 Å². The number of amidine groups is 1. The standard InChI is InChI=1S/C14H18N3OS/c1-16-13(12-5-3-2-4-6-12)11-19-14(15-16)17-7-9-18-10-8-17/h2-6H,7-11H2,1H3/q+1. The lowest BCUT2D eigenvalue weighted by atomic mass is 10.1. The molecule has 5 heteroatoms. The van der Waals surface area contributed by atoms with E-state index in [0.29, 0.717) is 0 Å². The predicted molar refractivity (Wildman–Crippen MR) is 79.0 cm³/mol. The molecule has 2 aliphatic heterocycles. The van der Waals surface area contributed by atoms with Crippen molar-refractivity contribution in [2.45, 2.75) is 0 Å². The highest BCUT2D eigenvalue weighted by molar-refractivity contribution is 8.14. The Labute approximate surface area is 117 Å². The Bertz CT molecular complexity index is 507. The highest BCUT2D eigenvalue weighted by atomic mass is 32.2. The average molecular weight is 276 g/mol. The van der Waals surface area contributed by atoms with Crippen LogP contribution in [0.2, 0.25) is 0 Å². The van der Waals surface area contributed by atoms with Gasteiger partial charge in [0.15, 0.2) is 7.05 Å². The SMILES string of the molecule is C[N+]1=C(c2ccccc2)CSC(N2CCOCC2)=N1. The molecule has 100 valence electrons. The average Bonchev–Trinajstić information content (AvgIpc) is 2.49. The first-order chi connectivity index (χ1) is 9.34. The fourth-order valence-electron chi connectivity index (χ4n) is 2.25. The van der Waals surface area contributed by atoms with Crippen molar-refractivity contribution in [1.29, 1.82) is 0 Å². The molecular weight excluding hydrogens is 258 g/mol. The van der Waals surface area contributed by atoms with Gasteiger partial charge in [-0.1, -0.05) is 34.6 Å². The van der Waals surface area contributed by atoms with E-state index in [1.165, 1.54) is 11.3 Å². The second kappa shape index (κ2) is 5.75. The fourth-order valence-corrected chi connectivity index (χ4v) is 3.42. The number of thioether (sulfide) groups is 1. The maximum Gasteiger partial charge on any atom is 0.231 e. The molecular formula is C14H18N3OS+. The van der Waals surface area contributed by atoms with Crippen LogP contribution >= 0.6 is 11.8 Å². The number of hydrazone groups is 1. The van der Waals surface area contributed by atoms with Crippen LogP contribution < -0.4 is 0 Å². The lowest BCUT2D eigenvalue weighted by molar-refractivity contribution is -0.502. The molecule has 0 bridgehead atoms. The number of hydrogen-bond acceptors (Lipinski definition) is 4. The van der Waals surface area contributed by atoms with Crippen LogP contribution in [-0.2, 0) is 4.74 Å². The molecule has 19 heavy (non-hydrogen) atoms. The molecule has 0 radical (unpaired) electrons. The maximum absolute atomic E-state index is 5.38. The van der Waals surface area contributed by atoms with Gasteiger partial charge < -0.3 is 9.64 Å². The lowest BCUT2D eigenvalue weighted by Crippen LogP contribution is -2.41. The summed E-state index contributed by atoms with van der Waals surface area (Å²) in [4.78, 5) is 2.31. The molecule has 4 nitrogen and oxygen atoms in total. The first-order valence-electron chi connectivity index (χ1n) is 6.53. The number of rotatable bonds is 1. The summed E-state index contributed by atoms with van der Waals surface area (Å²) in [5.41, 5.74) is 2.52. The molecule has 0 N–H and O–H groups in total. The van der Waals surface area contributed by atoms with Crippen molar-refractivity contribution < 1.29 is 9.42 Å². The number of ether oxygens (including phenoxy) is 1. The fraction of sp³-hybridized carbons (Fsp3) is 0.429. The number of benzene rings is 1. The van der Waals surface area contributed by atoms with Crippen molar-refractivity contribution in [2.24, 2.45) is 5.10 Å². The summed E-state index contributed by atoms with van der Waals surface area (Å²) in [6, 6.07) is 10.5. The first kappa shape index (κ1) is 12.7. The summed E-state index contributed by atoms with van der Waals surface area (Å²) in [5.74, 6) is 0.969. The van der Waals surface area contributed by atoms with Gasteiger partial charge in [0.1, 0.15) is 0 Å². The Kier molecular flexibility index (Phi) is 3.84. The van der Waals surface area contributed by atoms with E-state index in [0.717, 1.165) is 37.2 Å². The van der Waals surface area contributed by atoms with Crippen LogP contribution in [0.15, 0.2) is 35.4 Å². The second-order valence-corrected chi connectivity index (χ2v) is 5.55.